The molecule has 3 N–H and O–H groups in total. The van der Waals surface area contributed by atoms with Crippen molar-refractivity contribution in [2.24, 2.45) is 5.73 Å². The molecule has 5 heteroatoms. The van der Waals surface area contributed by atoms with E-state index in [0.717, 1.165) is 11.6 Å². The number of thioether (sulfide) groups is 1. The van der Waals surface area contributed by atoms with Crippen LogP contribution in [0.1, 0.15) is 0 Å². The van der Waals surface area contributed by atoms with Gasteiger partial charge in [-0.1, -0.05) is 0 Å². The van der Waals surface area contributed by atoms with Gasteiger partial charge in [0, 0.05) is 19.3 Å². The highest BCUT2D eigenvalue weighted by atomic mass is 32.2. The van der Waals surface area contributed by atoms with Crippen molar-refractivity contribution in [1.29, 1.82) is 0 Å². The summed E-state index contributed by atoms with van der Waals surface area (Å²) in [6, 6.07) is 0.199. The first-order valence-corrected chi connectivity index (χ1v) is 4.71. The second kappa shape index (κ2) is 3.82. The molecule has 4 nitrogen and oxygen atoms in total. The van der Waals surface area contributed by atoms with Gasteiger partial charge in [0.15, 0.2) is 0 Å². The Morgan fingerprint density at radius 1 is 1.91 bits per heavy atom. The fourth-order valence-corrected chi connectivity index (χ4v) is 2.26. The van der Waals surface area contributed by atoms with E-state index in [-0.39, 0.29) is 12.1 Å². The molecule has 64 valence electrons. The zero-order valence-electron chi connectivity index (χ0n) is 6.54. The molecule has 1 unspecified atom stereocenters. The van der Waals surface area contributed by atoms with Crippen LogP contribution in [0.15, 0.2) is 0 Å². The lowest BCUT2D eigenvalue weighted by Crippen LogP contribution is -2.45. The van der Waals surface area contributed by atoms with Crippen molar-refractivity contribution in [3.05, 3.63) is 0 Å². The average Bonchev–Trinajstić information content (AvgIpc) is 2.50. The summed E-state index contributed by atoms with van der Waals surface area (Å²) in [5.41, 5.74) is 5.48. The Balaban J connectivity index is 2.49. The highest BCUT2D eigenvalue weighted by Crippen LogP contribution is 2.19. The van der Waals surface area contributed by atoms with Crippen molar-refractivity contribution < 1.29 is 4.79 Å². The van der Waals surface area contributed by atoms with E-state index in [1.807, 2.05) is 0 Å². The normalized spacial score (nSPS) is 23.8. The molecule has 0 spiro atoms. The van der Waals surface area contributed by atoms with E-state index < -0.39 is 0 Å². The number of nitrogens with two attached hydrogens (primary N) is 1. The lowest BCUT2D eigenvalue weighted by Gasteiger charge is -2.21. The minimum atomic E-state index is -0.0227. The van der Waals surface area contributed by atoms with Gasteiger partial charge >= 0.3 is 6.03 Å². The summed E-state index contributed by atoms with van der Waals surface area (Å²) in [6.45, 7) is 0.556. The SMILES string of the molecule is CNC(=O)N1CSCC1CN. The monoisotopic (exact) mass is 175 g/mol. The fourth-order valence-electron chi connectivity index (χ4n) is 1.05. The van der Waals surface area contributed by atoms with Gasteiger partial charge in [0.25, 0.3) is 0 Å². The zero-order valence-corrected chi connectivity index (χ0v) is 7.36. The average molecular weight is 175 g/mol. The van der Waals surface area contributed by atoms with Crippen LogP contribution in [0.3, 0.4) is 0 Å². The Hall–Kier alpha value is -0.420. The third-order valence-corrected chi connectivity index (χ3v) is 2.81. The minimum Gasteiger partial charge on any atom is -0.341 e. The van der Waals surface area contributed by atoms with Crippen molar-refractivity contribution in [2.45, 2.75) is 6.04 Å². The molecule has 11 heavy (non-hydrogen) atoms. The van der Waals surface area contributed by atoms with Gasteiger partial charge in [-0.05, 0) is 0 Å². The van der Waals surface area contributed by atoms with Crippen LogP contribution in [-0.4, -0.2) is 42.2 Å². The maximum Gasteiger partial charge on any atom is 0.318 e. The molecule has 1 rings (SSSR count). The van der Waals surface area contributed by atoms with Crippen LogP contribution in [0.5, 0.6) is 0 Å². The second-order valence-corrected chi connectivity index (χ2v) is 3.41. The van der Waals surface area contributed by atoms with Crippen molar-refractivity contribution in [3.63, 3.8) is 0 Å². The Morgan fingerprint density at radius 3 is 3.18 bits per heavy atom. The Morgan fingerprint density at radius 2 is 2.64 bits per heavy atom. The van der Waals surface area contributed by atoms with Gasteiger partial charge < -0.3 is 16.0 Å². The molecule has 0 aromatic heterocycles. The standard InChI is InChI=1S/C6H13N3OS/c1-8-6(10)9-4-11-3-5(9)2-7/h5H,2-4,7H2,1H3,(H,8,10). The lowest BCUT2D eigenvalue weighted by molar-refractivity contribution is 0.199. The van der Waals surface area contributed by atoms with Crippen LogP contribution < -0.4 is 11.1 Å². The van der Waals surface area contributed by atoms with Crippen molar-refractivity contribution >= 4 is 17.8 Å². The van der Waals surface area contributed by atoms with Gasteiger partial charge in [-0.2, -0.15) is 0 Å². The molecule has 2 amide bonds. The van der Waals surface area contributed by atoms with Crippen molar-refractivity contribution in [1.82, 2.24) is 10.2 Å². The summed E-state index contributed by atoms with van der Waals surface area (Å²) in [4.78, 5) is 12.9. The van der Waals surface area contributed by atoms with Gasteiger partial charge in [-0.3, -0.25) is 0 Å². The quantitative estimate of drug-likeness (QED) is 0.573. The first-order chi connectivity index (χ1) is 5.29. The number of hydrogen-bond donors (Lipinski definition) is 2. The smallest absolute Gasteiger partial charge is 0.318 e. The summed E-state index contributed by atoms with van der Waals surface area (Å²) in [7, 11) is 1.64. The topological polar surface area (TPSA) is 58.4 Å². The number of carbonyl (C=O) groups is 1. The molecule has 0 radical (unpaired) electrons. The van der Waals surface area contributed by atoms with Crippen LogP contribution in [0.25, 0.3) is 0 Å². The third kappa shape index (κ3) is 1.78. The van der Waals surface area contributed by atoms with E-state index >= 15 is 0 Å². The van der Waals surface area contributed by atoms with Gasteiger partial charge in [0.05, 0.1) is 11.9 Å². The first kappa shape index (κ1) is 8.67. The van der Waals surface area contributed by atoms with Crippen LogP contribution >= 0.6 is 11.8 Å². The van der Waals surface area contributed by atoms with E-state index in [1.165, 1.54) is 0 Å². The largest absolute Gasteiger partial charge is 0.341 e. The first-order valence-electron chi connectivity index (χ1n) is 3.55. The number of nitrogens with zero attached hydrogens (tertiary/aromatic N) is 1. The predicted octanol–water partition coefficient (Wildman–Crippen LogP) is -0.341. The summed E-state index contributed by atoms with van der Waals surface area (Å²) in [6.07, 6.45) is 0. The van der Waals surface area contributed by atoms with E-state index in [2.05, 4.69) is 5.32 Å². The van der Waals surface area contributed by atoms with Gasteiger partial charge in [-0.25, -0.2) is 4.79 Å². The maximum absolute atomic E-state index is 11.1. The summed E-state index contributed by atoms with van der Waals surface area (Å²) >= 11 is 1.74. The number of carbonyl (C=O) groups excluding carboxylic acids is 1. The molecular formula is C6H13N3OS. The molecule has 0 aromatic rings. The Kier molecular flexibility index (Phi) is 3.02. The third-order valence-electron chi connectivity index (χ3n) is 1.73. The lowest BCUT2D eigenvalue weighted by atomic mass is 10.3. The maximum atomic E-state index is 11.1. The van der Waals surface area contributed by atoms with Gasteiger partial charge in [0.1, 0.15) is 0 Å². The molecule has 0 aromatic carbocycles. The zero-order chi connectivity index (χ0) is 8.27. The summed E-state index contributed by atoms with van der Waals surface area (Å²) < 4.78 is 0. The van der Waals surface area contributed by atoms with Crippen LogP contribution in [-0.2, 0) is 0 Å². The minimum absolute atomic E-state index is 0.0227. The molecule has 0 aliphatic carbocycles. The Labute approximate surface area is 70.5 Å². The molecule has 1 heterocycles. The molecule has 1 aliphatic heterocycles. The van der Waals surface area contributed by atoms with Crippen LogP contribution in [0.2, 0.25) is 0 Å². The molecule has 1 aliphatic rings. The van der Waals surface area contributed by atoms with E-state index in [0.29, 0.717) is 6.54 Å². The van der Waals surface area contributed by atoms with E-state index in [1.54, 1.807) is 23.7 Å². The number of amides is 2. The Bertz CT molecular complexity index is 153. The summed E-state index contributed by atoms with van der Waals surface area (Å²) in [5, 5.41) is 2.59. The van der Waals surface area contributed by atoms with Gasteiger partial charge in [0.2, 0.25) is 0 Å². The van der Waals surface area contributed by atoms with E-state index in [9.17, 15) is 4.79 Å². The van der Waals surface area contributed by atoms with E-state index in [4.69, 9.17) is 5.73 Å². The second-order valence-electron chi connectivity index (χ2n) is 2.41. The van der Waals surface area contributed by atoms with Crippen LogP contribution in [0.4, 0.5) is 4.79 Å². The number of urea groups is 1. The molecular weight excluding hydrogens is 162 g/mol. The highest BCUT2D eigenvalue weighted by molar-refractivity contribution is 7.99. The molecule has 1 atom stereocenters. The molecule has 1 fully saturated rings. The van der Waals surface area contributed by atoms with Gasteiger partial charge in [-0.15, -0.1) is 11.8 Å². The van der Waals surface area contributed by atoms with Crippen LogP contribution in [0, 0.1) is 0 Å². The summed E-state index contributed by atoms with van der Waals surface area (Å²) in [5.74, 6) is 1.73. The number of hydrogen-bond acceptors (Lipinski definition) is 3. The fraction of sp³-hybridized carbons (Fsp3) is 0.833. The van der Waals surface area contributed by atoms with Crippen molar-refractivity contribution in [2.75, 3.05) is 25.2 Å². The highest BCUT2D eigenvalue weighted by Gasteiger charge is 2.26. The predicted molar refractivity (Wildman–Crippen MR) is 46.5 cm³/mol. The molecule has 0 bridgehead atoms. The molecule has 1 saturated heterocycles. The number of nitrogens with one attached hydrogen (secondary N) is 1. The number of rotatable bonds is 1. The molecule has 0 saturated carbocycles. The van der Waals surface area contributed by atoms with Crippen molar-refractivity contribution in [3.8, 4) is 0 Å².